The van der Waals surface area contributed by atoms with E-state index in [-0.39, 0.29) is 24.0 Å². The smallest absolute Gasteiger partial charge is 0.232 e. The second-order valence-electron chi connectivity index (χ2n) is 6.69. The summed E-state index contributed by atoms with van der Waals surface area (Å²) in [6.45, 7) is 2.34. The molecule has 2 aromatic rings. The number of fused-ring (bicyclic) bond motifs is 1. The van der Waals surface area contributed by atoms with Gasteiger partial charge in [-0.2, -0.15) is 9.97 Å². The van der Waals surface area contributed by atoms with Gasteiger partial charge in [-0.3, -0.25) is 9.59 Å². The number of halogens is 2. The number of rotatable bonds is 3. The van der Waals surface area contributed by atoms with Crippen LogP contribution >= 0.6 is 23.2 Å². The van der Waals surface area contributed by atoms with Gasteiger partial charge in [-0.05, 0) is 18.2 Å². The third kappa shape index (κ3) is 4.07. The van der Waals surface area contributed by atoms with E-state index in [4.69, 9.17) is 33.7 Å². The zero-order valence-electron chi connectivity index (χ0n) is 15.2. The van der Waals surface area contributed by atoms with Crippen LogP contribution in [0.2, 0.25) is 10.0 Å². The monoisotopic (exact) mass is 436 g/mol. The topological polar surface area (TPSA) is 122 Å². The molecule has 2 amide bonds. The molecular formula is C18H18Cl2N6O3. The first-order valence-electron chi connectivity index (χ1n) is 8.98. The van der Waals surface area contributed by atoms with Gasteiger partial charge in [0.25, 0.3) is 0 Å². The molecule has 11 heteroatoms. The lowest BCUT2D eigenvalue weighted by Gasteiger charge is -2.30. The van der Waals surface area contributed by atoms with Crippen molar-refractivity contribution in [3.63, 3.8) is 0 Å². The van der Waals surface area contributed by atoms with Crippen LogP contribution in [0.15, 0.2) is 18.2 Å². The highest BCUT2D eigenvalue weighted by molar-refractivity contribution is 6.36. The Morgan fingerprint density at radius 1 is 1.28 bits per heavy atom. The molecule has 3 heterocycles. The van der Waals surface area contributed by atoms with E-state index in [1.807, 2.05) is 4.90 Å². The molecule has 0 aliphatic carbocycles. The summed E-state index contributed by atoms with van der Waals surface area (Å²) in [5.74, 6) is -0.807. The lowest BCUT2D eigenvalue weighted by molar-refractivity contribution is -0.123. The largest absolute Gasteiger partial charge is 0.383 e. The molecule has 0 unspecified atom stereocenters. The van der Waals surface area contributed by atoms with Crippen molar-refractivity contribution in [2.75, 3.05) is 47.6 Å². The molecule has 0 spiro atoms. The highest BCUT2D eigenvalue weighted by atomic mass is 35.5. The summed E-state index contributed by atoms with van der Waals surface area (Å²) < 4.78 is 5.33. The van der Waals surface area contributed by atoms with Gasteiger partial charge in [0.2, 0.25) is 17.8 Å². The van der Waals surface area contributed by atoms with Gasteiger partial charge in [-0.15, -0.1) is 0 Å². The average Bonchev–Trinajstić information content (AvgIpc) is 2.69. The van der Waals surface area contributed by atoms with Crippen molar-refractivity contribution in [2.24, 2.45) is 0 Å². The minimum atomic E-state index is -0.843. The van der Waals surface area contributed by atoms with Crippen molar-refractivity contribution in [1.82, 2.24) is 9.97 Å². The minimum Gasteiger partial charge on any atom is -0.383 e. The normalized spacial score (nSPS) is 18.8. The zero-order valence-corrected chi connectivity index (χ0v) is 16.8. The fraction of sp³-hybridized carbons (Fsp3) is 0.333. The summed E-state index contributed by atoms with van der Waals surface area (Å²) in [6.07, 6.45) is -0.0749. The van der Waals surface area contributed by atoms with E-state index < -0.39 is 11.8 Å². The molecule has 1 fully saturated rings. The Morgan fingerprint density at radius 2 is 2.03 bits per heavy atom. The van der Waals surface area contributed by atoms with Gasteiger partial charge in [0.05, 0.1) is 35.4 Å². The highest BCUT2D eigenvalue weighted by Gasteiger charge is 2.35. The average molecular weight is 437 g/mol. The van der Waals surface area contributed by atoms with Crippen LogP contribution in [0, 0.1) is 0 Å². The van der Waals surface area contributed by atoms with Gasteiger partial charge in [-0.25, -0.2) is 0 Å². The van der Waals surface area contributed by atoms with E-state index in [2.05, 4.69) is 20.6 Å². The van der Waals surface area contributed by atoms with E-state index in [1.165, 1.54) is 6.07 Å². The van der Waals surface area contributed by atoms with E-state index in [0.717, 1.165) is 0 Å². The number of anilines is 4. The Kier molecular flexibility index (Phi) is 5.44. The van der Waals surface area contributed by atoms with Crippen LogP contribution in [-0.4, -0.2) is 48.1 Å². The number of hydrogen-bond acceptors (Lipinski definition) is 7. The molecule has 2 aliphatic rings. The van der Waals surface area contributed by atoms with Crippen LogP contribution < -0.4 is 21.3 Å². The molecule has 1 atom stereocenters. The zero-order chi connectivity index (χ0) is 20.5. The number of benzene rings is 1. The first-order valence-corrected chi connectivity index (χ1v) is 9.74. The van der Waals surface area contributed by atoms with Crippen molar-refractivity contribution in [3.05, 3.63) is 33.8 Å². The van der Waals surface area contributed by atoms with Gasteiger partial charge in [0, 0.05) is 24.5 Å². The standard InChI is InChI=1S/C18H18Cl2N6O3/c19-9-1-2-12(11(20)7-9)22-17(28)10-8-13(27)23-16-14(10)15(21)24-18(25-16)26-3-5-29-6-4-26/h1-2,7,10H,3-6,8H2,(H,22,28)(H3,21,23,24,25,27)/t10-/m1/s1. The van der Waals surface area contributed by atoms with E-state index >= 15 is 0 Å². The minimum absolute atomic E-state index is 0.0749. The molecule has 0 radical (unpaired) electrons. The number of morpholine rings is 1. The molecule has 0 saturated carbocycles. The molecule has 152 valence electrons. The van der Waals surface area contributed by atoms with Crippen LogP contribution in [0.1, 0.15) is 17.9 Å². The Bertz CT molecular complexity index is 980. The van der Waals surface area contributed by atoms with Gasteiger partial charge < -0.3 is 26.0 Å². The Morgan fingerprint density at radius 3 is 2.76 bits per heavy atom. The number of nitrogen functional groups attached to an aromatic ring is 1. The van der Waals surface area contributed by atoms with E-state index in [0.29, 0.717) is 53.5 Å². The maximum Gasteiger partial charge on any atom is 0.232 e. The van der Waals surface area contributed by atoms with Crippen molar-refractivity contribution < 1.29 is 14.3 Å². The predicted molar refractivity (Wildman–Crippen MR) is 111 cm³/mol. The number of carbonyl (C=O) groups is 2. The van der Waals surface area contributed by atoms with Crippen molar-refractivity contribution in [1.29, 1.82) is 0 Å². The Balaban J connectivity index is 1.64. The Hall–Kier alpha value is -2.62. The summed E-state index contributed by atoms with van der Waals surface area (Å²) in [5, 5.41) is 6.16. The quantitative estimate of drug-likeness (QED) is 0.673. The predicted octanol–water partition coefficient (Wildman–Crippen LogP) is 2.27. The molecule has 1 saturated heterocycles. The number of carbonyl (C=O) groups excluding carboxylic acids is 2. The number of nitrogens with two attached hydrogens (primary N) is 1. The number of nitrogens with zero attached hydrogens (tertiary/aromatic N) is 3. The number of aromatic nitrogens is 2. The lowest BCUT2D eigenvalue weighted by atomic mass is 9.92. The van der Waals surface area contributed by atoms with Gasteiger partial charge in [0.1, 0.15) is 11.6 Å². The molecule has 4 N–H and O–H groups in total. The summed E-state index contributed by atoms with van der Waals surface area (Å²) in [6, 6.07) is 4.72. The van der Waals surface area contributed by atoms with Gasteiger partial charge >= 0.3 is 0 Å². The molecule has 1 aromatic carbocycles. The van der Waals surface area contributed by atoms with E-state index in [1.54, 1.807) is 12.1 Å². The van der Waals surface area contributed by atoms with Gasteiger partial charge in [-0.1, -0.05) is 23.2 Å². The van der Waals surface area contributed by atoms with Crippen LogP contribution in [0.25, 0.3) is 0 Å². The van der Waals surface area contributed by atoms with Crippen molar-refractivity contribution >= 4 is 58.3 Å². The van der Waals surface area contributed by atoms with Gasteiger partial charge in [0.15, 0.2) is 0 Å². The molecular weight excluding hydrogens is 419 g/mol. The van der Waals surface area contributed by atoms with Crippen LogP contribution in [0.4, 0.5) is 23.3 Å². The maximum absolute atomic E-state index is 12.9. The molecule has 1 aromatic heterocycles. The first-order chi connectivity index (χ1) is 13.9. The summed E-state index contributed by atoms with van der Waals surface area (Å²) in [4.78, 5) is 35.9. The molecule has 0 bridgehead atoms. The number of ether oxygens (including phenoxy) is 1. The summed E-state index contributed by atoms with van der Waals surface area (Å²) >= 11 is 12.0. The number of hydrogen-bond donors (Lipinski definition) is 3. The first kappa shape index (κ1) is 19.7. The third-order valence-electron chi connectivity index (χ3n) is 4.76. The third-order valence-corrected chi connectivity index (χ3v) is 5.31. The lowest BCUT2D eigenvalue weighted by Crippen LogP contribution is -2.38. The second kappa shape index (κ2) is 8.02. The summed E-state index contributed by atoms with van der Waals surface area (Å²) in [5.41, 5.74) is 6.96. The Labute approximate surface area is 176 Å². The SMILES string of the molecule is Nc1nc(N2CCOCC2)nc2c1[C@H](C(=O)Nc1ccc(Cl)cc1Cl)CC(=O)N2. The van der Waals surface area contributed by atoms with Crippen LogP contribution in [0.3, 0.4) is 0 Å². The fourth-order valence-electron chi connectivity index (χ4n) is 3.32. The maximum atomic E-state index is 12.9. The molecule has 4 rings (SSSR count). The highest BCUT2D eigenvalue weighted by Crippen LogP contribution is 2.37. The van der Waals surface area contributed by atoms with Crippen molar-refractivity contribution in [2.45, 2.75) is 12.3 Å². The van der Waals surface area contributed by atoms with E-state index in [9.17, 15) is 9.59 Å². The second-order valence-corrected chi connectivity index (χ2v) is 7.53. The molecule has 9 nitrogen and oxygen atoms in total. The number of nitrogens with one attached hydrogen (secondary N) is 2. The summed E-state index contributed by atoms with van der Waals surface area (Å²) in [7, 11) is 0. The molecule has 2 aliphatic heterocycles. The fourth-order valence-corrected chi connectivity index (χ4v) is 3.78. The van der Waals surface area contributed by atoms with Crippen LogP contribution in [0.5, 0.6) is 0 Å². The molecule has 29 heavy (non-hydrogen) atoms. The number of amides is 2. The van der Waals surface area contributed by atoms with Crippen LogP contribution in [-0.2, 0) is 14.3 Å². The van der Waals surface area contributed by atoms with Crippen molar-refractivity contribution in [3.8, 4) is 0 Å².